The number of likely N-dealkylation sites (tertiary alicyclic amines) is 1. The molecule has 3 heterocycles. The maximum atomic E-state index is 13.4. The summed E-state index contributed by atoms with van der Waals surface area (Å²) in [5.74, 6) is 1.74. The number of aromatic amines is 1. The molecule has 2 aliphatic carbocycles. The normalized spacial score (nSPS) is 22.1. The predicted octanol–water partition coefficient (Wildman–Crippen LogP) is 4.28. The number of nitrogens with one attached hydrogen (secondary N) is 1. The number of benzene rings is 2. The second-order valence-corrected chi connectivity index (χ2v) is 11.1. The Morgan fingerprint density at radius 2 is 1.84 bits per heavy atom. The fraction of sp³-hybridized carbons (Fsp3) is 0.400. The maximum absolute atomic E-state index is 13.4. The molecule has 0 bridgehead atoms. The number of aromatic nitrogens is 1. The number of fused-ring (bicyclic) bond motifs is 1. The number of nitriles is 1. The van der Waals surface area contributed by atoms with Gasteiger partial charge in [0, 0.05) is 48.2 Å². The smallest absolute Gasteiger partial charge is 0.256 e. The van der Waals surface area contributed by atoms with Gasteiger partial charge in [-0.2, -0.15) is 5.26 Å². The highest BCUT2D eigenvalue weighted by Crippen LogP contribution is 2.46. The number of amides is 2. The summed E-state index contributed by atoms with van der Waals surface area (Å²) in [7, 11) is 0. The van der Waals surface area contributed by atoms with Crippen LogP contribution in [0.4, 0.5) is 0 Å². The van der Waals surface area contributed by atoms with Gasteiger partial charge in [-0.15, -0.1) is 0 Å². The van der Waals surface area contributed by atoms with E-state index in [-0.39, 0.29) is 11.8 Å². The lowest BCUT2D eigenvalue weighted by Crippen LogP contribution is -2.40. The van der Waals surface area contributed by atoms with Gasteiger partial charge in [-0.3, -0.25) is 19.5 Å². The SMILES string of the molecule is N#CCc1c[nH]c2ccc(-c3ccc(C4=NC5(CC5)C(=O)N4C[C@@H]4CCN(C(=O)C5CC5)C4)cc3)cc12. The number of nitrogens with zero attached hydrogens (tertiary/aromatic N) is 4. The lowest BCUT2D eigenvalue weighted by molar-refractivity contribution is -0.131. The van der Waals surface area contributed by atoms with Crippen molar-refractivity contribution in [1.82, 2.24) is 14.8 Å². The molecule has 7 nitrogen and oxygen atoms in total. The van der Waals surface area contributed by atoms with Crippen molar-refractivity contribution in [3.63, 3.8) is 0 Å². The molecule has 186 valence electrons. The monoisotopic (exact) mass is 491 g/mol. The molecule has 2 aromatic carbocycles. The van der Waals surface area contributed by atoms with Gasteiger partial charge in [0.15, 0.2) is 0 Å². The molecule has 2 amide bonds. The van der Waals surface area contributed by atoms with Crippen LogP contribution in [0.15, 0.2) is 53.7 Å². The quantitative estimate of drug-likeness (QED) is 0.558. The first-order valence-corrected chi connectivity index (χ1v) is 13.3. The van der Waals surface area contributed by atoms with E-state index in [4.69, 9.17) is 10.3 Å². The van der Waals surface area contributed by atoms with E-state index in [1.807, 2.05) is 16.0 Å². The van der Waals surface area contributed by atoms with Crippen LogP contribution in [0.3, 0.4) is 0 Å². The fourth-order valence-electron chi connectivity index (χ4n) is 5.92. The van der Waals surface area contributed by atoms with Gasteiger partial charge >= 0.3 is 0 Å². The maximum Gasteiger partial charge on any atom is 0.256 e. The van der Waals surface area contributed by atoms with Crippen molar-refractivity contribution in [2.45, 2.75) is 44.1 Å². The highest BCUT2D eigenvalue weighted by molar-refractivity contribution is 6.16. The van der Waals surface area contributed by atoms with Gasteiger partial charge in [-0.25, -0.2) is 0 Å². The highest BCUT2D eigenvalue weighted by atomic mass is 16.2. The van der Waals surface area contributed by atoms with E-state index in [9.17, 15) is 9.59 Å². The number of carbonyl (C=O) groups is 2. The number of amidine groups is 1. The molecule has 0 radical (unpaired) electrons. The highest BCUT2D eigenvalue weighted by Gasteiger charge is 2.57. The number of aliphatic imine (C=N–C) groups is 1. The second-order valence-electron chi connectivity index (χ2n) is 11.1. The number of H-pyrrole nitrogens is 1. The zero-order chi connectivity index (χ0) is 25.1. The number of hydrogen-bond donors (Lipinski definition) is 1. The minimum atomic E-state index is -0.549. The van der Waals surface area contributed by atoms with E-state index in [0.29, 0.717) is 24.8 Å². The fourth-order valence-corrected chi connectivity index (χ4v) is 5.92. The van der Waals surface area contributed by atoms with E-state index in [1.54, 1.807) is 0 Å². The molecule has 1 N–H and O–H groups in total. The first-order chi connectivity index (χ1) is 18.0. The predicted molar refractivity (Wildman–Crippen MR) is 141 cm³/mol. The Morgan fingerprint density at radius 1 is 1.08 bits per heavy atom. The van der Waals surface area contributed by atoms with E-state index in [1.165, 1.54) is 0 Å². The molecule has 2 aliphatic heterocycles. The van der Waals surface area contributed by atoms with Gasteiger partial charge in [0.05, 0.1) is 12.5 Å². The third-order valence-corrected chi connectivity index (χ3v) is 8.42. The summed E-state index contributed by atoms with van der Waals surface area (Å²) < 4.78 is 0. The second kappa shape index (κ2) is 8.31. The van der Waals surface area contributed by atoms with Gasteiger partial charge in [0.25, 0.3) is 5.91 Å². The Bertz CT molecular complexity index is 1490. The van der Waals surface area contributed by atoms with E-state index in [0.717, 1.165) is 84.2 Å². The molecule has 1 spiro atoms. The molecule has 7 rings (SSSR count). The van der Waals surface area contributed by atoms with Crippen molar-refractivity contribution < 1.29 is 9.59 Å². The van der Waals surface area contributed by atoms with E-state index < -0.39 is 5.54 Å². The molecular weight excluding hydrogens is 462 g/mol. The third-order valence-electron chi connectivity index (χ3n) is 8.42. The molecule has 7 heteroatoms. The Labute approximate surface area is 215 Å². The van der Waals surface area contributed by atoms with E-state index >= 15 is 0 Å². The zero-order valence-electron chi connectivity index (χ0n) is 20.7. The van der Waals surface area contributed by atoms with Crippen molar-refractivity contribution in [3.8, 4) is 17.2 Å². The van der Waals surface area contributed by atoms with Crippen LogP contribution in [0.2, 0.25) is 0 Å². The lowest BCUT2D eigenvalue weighted by atomic mass is 10.0. The lowest BCUT2D eigenvalue weighted by Gasteiger charge is -2.23. The summed E-state index contributed by atoms with van der Waals surface area (Å²) in [6, 6.07) is 16.8. The average molecular weight is 492 g/mol. The summed E-state index contributed by atoms with van der Waals surface area (Å²) >= 11 is 0. The van der Waals surface area contributed by atoms with Gasteiger partial charge in [-0.05, 0) is 66.8 Å². The Balaban J connectivity index is 1.12. The molecule has 4 aliphatic rings. The molecule has 37 heavy (non-hydrogen) atoms. The van der Waals surface area contributed by atoms with Crippen LogP contribution >= 0.6 is 0 Å². The molecule has 1 atom stereocenters. The van der Waals surface area contributed by atoms with Crippen LogP contribution in [-0.4, -0.2) is 57.6 Å². The van der Waals surface area contributed by atoms with Crippen molar-refractivity contribution in [1.29, 1.82) is 5.26 Å². The van der Waals surface area contributed by atoms with Crippen molar-refractivity contribution in [2.75, 3.05) is 19.6 Å². The molecule has 0 unspecified atom stereocenters. The molecular formula is C30H29N5O2. The summed E-state index contributed by atoms with van der Waals surface area (Å²) in [6.07, 6.45) is 6.92. The largest absolute Gasteiger partial charge is 0.361 e. The summed E-state index contributed by atoms with van der Waals surface area (Å²) in [5.41, 5.74) is 4.61. The standard InChI is InChI=1S/C30H29N5O2/c31-13-9-24-16-32-26-8-7-23(15-25(24)26)20-1-3-21(4-2-20)27-33-30(11-12-30)29(37)35(27)18-19-10-14-34(17-19)28(36)22-5-6-22/h1-4,7-8,15-16,19,22,32H,5-6,9-12,14,17-18H2/t19-/m1/s1. The van der Waals surface area contributed by atoms with Crippen molar-refractivity contribution in [2.24, 2.45) is 16.8 Å². The average Bonchev–Trinajstić information content (AvgIpc) is 3.82. The van der Waals surface area contributed by atoms with Gasteiger partial charge in [-0.1, -0.05) is 30.3 Å². The van der Waals surface area contributed by atoms with Crippen LogP contribution in [0, 0.1) is 23.2 Å². The van der Waals surface area contributed by atoms with Crippen molar-refractivity contribution in [3.05, 3.63) is 59.8 Å². The summed E-state index contributed by atoms with van der Waals surface area (Å²) in [5, 5.41) is 10.2. The zero-order valence-corrected chi connectivity index (χ0v) is 20.7. The molecule has 3 aromatic rings. The van der Waals surface area contributed by atoms with Gasteiger partial charge in [0.1, 0.15) is 11.4 Å². The Morgan fingerprint density at radius 3 is 2.57 bits per heavy atom. The minimum Gasteiger partial charge on any atom is -0.361 e. The number of hydrogen-bond acceptors (Lipinski definition) is 4. The van der Waals surface area contributed by atoms with Crippen LogP contribution in [0.1, 0.15) is 43.2 Å². The molecule has 2 saturated carbocycles. The Kier molecular flexibility index (Phi) is 5.00. The van der Waals surface area contributed by atoms with Gasteiger partial charge < -0.3 is 9.88 Å². The molecule has 1 aromatic heterocycles. The van der Waals surface area contributed by atoms with Gasteiger partial charge in [0.2, 0.25) is 5.91 Å². The van der Waals surface area contributed by atoms with Crippen LogP contribution in [-0.2, 0) is 16.0 Å². The molecule has 3 fully saturated rings. The first-order valence-electron chi connectivity index (χ1n) is 13.3. The Hall–Kier alpha value is -3.92. The minimum absolute atomic E-state index is 0.126. The molecule has 1 saturated heterocycles. The van der Waals surface area contributed by atoms with Crippen LogP contribution < -0.4 is 0 Å². The summed E-state index contributed by atoms with van der Waals surface area (Å²) in [4.78, 5) is 38.0. The number of carbonyl (C=O) groups excluding carboxylic acids is 2. The summed E-state index contributed by atoms with van der Waals surface area (Å²) in [6.45, 7) is 2.17. The number of rotatable bonds is 6. The van der Waals surface area contributed by atoms with Crippen molar-refractivity contribution >= 4 is 28.6 Å². The van der Waals surface area contributed by atoms with Crippen LogP contribution in [0.5, 0.6) is 0 Å². The third kappa shape index (κ3) is 3.83. The first kappa shape index (κ1) is 22.3. The van der Waals surface area contributed by atoms with Crippen LogP contribution in [0.25, 0.3) is 22.0 Å². The topological polar surface area (TPSA) is 92.6 Å². The van der Waals surface area contributed by atoms with E-state index in [2.05, 4.69) is 53.5 Å².